The Morgan fingerprint density at radius 3 is 2.80 bits per heavy atom. The lowest BCUT2D eigenvalue weighted by molar-refractivity contribution is -0.253. The van der Waals surface area contributed by atoms with Crippen LogP contribution in [0.2, 0.25) is 0 Å². The second kappa shape index (κ2) is 4.30. The highest BCUT2D eigenvalue weighted by molar-refractivity contribution is 4.92. The van der Waals surface area contributed by atoms with E-state index in [1.165, 1.54) is 0 Å². The van der Waals surface area contributed by atoms with E-state index in [1.54, 1.807) is 6.20 Å². The van der Waals surface area contributed by atoms with Gasteiger partial charge in [-0.15, -0.1) is 0 Å². The van der Waals surface area contributed by atoms with Crippen LogP contribution in [0.3, 0.4) is 0 Å². The molecule has 2 heterocycles. The van der Waals surface area contributed by atoms with Crippen LogP contribution < -0.4 is 5.32 Å². The third-order valence-corrected chi connectivity index (χ3v) is 2.32. The first-order valence-corrected chi connectivity index (χ1v) is 5.06. The lowest BCUT2D eigenvalue weighted by atomic mass is 10.2. The zero-order valence-electron chi connectivity index (χ0n) is 9.03. The van der Waals surface area contributed by atoms with Crippen LogP contribution >= 0.6 is 0 Å². The van der Waals surface area contributed by atoms with E-state index >= 15 is 0 Å². The molecule has 1 fully saturated rings. The molecule has 0 aromatic carbocycles. The topological polar surface area (TPSA) is 56.5 Å². The van der Waals surface area contributed by atoms with Crippen molar-refractivity contribution >= 4 is 0 Å². The van der Waals surface area contributed by atoms with Gasteiger partial charge in [-0.05, 0) is 13.8 Å². The SMILES string of the molecule is CC1(C)OCC(NCc2ccno2)CO1. The molecule has 15 heavy (non-hydrogen) atoms. The smallest absolute Gasteiger partial charge is 0.162 e. The standard InChI is InChI=1S/C10H16N2O3/c1-10(2)13-6-8(7-14-10)11-5-9-3-4-12-15-9/h3-4,8,11H,5-7H2,1-2H3. The molecule has 1 aromatic rings. The molecule has 5 nitrogen and oxygen atoms in total. The van der Waals surface area contributed by atoms with Crippen molar-refractivity contribution in [1.82, 2.24) is 10.5 Å². The molecule has 84 valence electrons. The van der Waals surface area contributed by atoms with Crippen molar-refractivity contribution < 1.29 is 14.0 Å². The van der Waals surface area contributed by atoms with Gasteiger partial charge >= 0.3 is 0 Å². The molecule has 0 amide bonds. The number of hydrogen-bond acceptors (Lipinski definition) is 5. The second-order valence-corrected chi connectivity index (χ2v) is 4.08. The van der Waals surface area contributed by atoms with E-state index in [9.17, 15) is 0 Å². The van der Waals surface area contributed by atoms with Gasteiger partial charge in [0.05, 0.1) is 32.0 Å². The number of ether oxygens (including phenoxy) is 2. The van der Waals surface area contributed by atoms with E-state index in [1.807, 2.05) is 19.9 Å². The maximum atomic E-state index is 5.52. The van der Waals surface area contributed by atoms with Crippen LogP contribution in [0, 0.1) is 0 Å². The van der Waals surface area contributed by atoms with Gasteiger partial charge in [-0.25, -0.2) is 0 Å². The average molecular weight is 212 g/mol. The lowest BCUT2D eigenvalue weighted by Gasteiger charge is -2.35. The summed E-state index contributed by atoms with van der Waals surface area (Å²) < 4.78 is 16.0. The van der Waals surface area contributed by atoms with E-state index < -0.39 is 5.79 Å². The Morgan fingerprint density at radius 1 is 1.47 bits per heavy atom. The molecule has 1 aliphatic heterocycles. The summed E-state index contributed by atoms with van der Waals surface area (Å²) >= 11 is 0. The molecule has 1 aliphatic rings. The molecule has 2 rings (SSSR count). The fraction of sp³-hybridized carbons (Fsp3) is 0.700. The van der Waals surface area contributed by atoms with Crippen LogP contribution in [-0.2, 0) is 16.0 Å². The molecule has 1 aromatic heterocycles. The summed E-state index contributed by atoms with van der Waals surface area (Å²) in [5, 5.41) is 6.91. The Labute approximate surface area is 88.7 Å². The lowest BCUT2D eigenvalue weighted by Crippen LogP contribution is -2.48. The normalized spacial score (nSPS) is 21.7. The molecule has 0 saturated carbocycles. The highest BCUT2D eigenvalue weighted by Gasteiger charge is 2.27. The highest BCUT2D eigenvalue weighted by atomic mass is 16.7. The van der Waals surface area contributed by atoms with Gasteiger partial charge in [0.15, 0.2) is 5.79 Å². The van der Waals surface area contributed by atoms with Crippen molar-refractivity contribution in [2.75, 3.05) is 13.2 Å². The molecule has 0 unspecified atom stereocenters. The molecule has 5 heteroatoms. The molecule has 1 N–H and O–H groups in total. The van der Waals surface area contributed by atoms with Gasteiger partial charge in [-0.3, -0.25) is 0 Å². The molecule has 1 saturated heterocycles. The molecule has 0 aliphatic carbocycles. The number of nitrogens with one attached hydrogen (secondary N) is 1. The molecule has 0 radical (unpaired) electrons. The van der Waals surface area contributed by atoms with E-state index in [0.29, 0.717) is 19.8 Å². The molecular formula is C10H16N2O3. The number of aromatic nitrogens is 1. The minimum absolute atomic E-state index is 0.211. The maximum absolute atomic E-state index is 5.52. The first-order chi connectivity index (χ1) is 7.16. The van der Waals surface area contributed by atoms with Gasteiger partial charge in [0.25, 0.3) is 0 Å². The van der Waals surface area contributed by atoms with Crippen molar-refractivity contribution in [3.05, 3.63) is 18.0 Å². The summed E-state index contributed by atoms with van der Waals surface area (Å²) in [6, 6.07) is 2.05. The monoisotopic (exact) mass is 212 g/mol. The largest absolute Gasteiger partial charge is 0.360 e. The Bertz CT molecular complexity index is 288. The minimum Gasteiger partial charge on any atom is -0.360 e. The van der Waals surface area contributed by atoms with Crippen molar-refractivity contribution in [3.63, 3.8) is 0 Å². The molecule has 0 spiro atoms. The quantitative estimate of drug-likeness (QED) is 0.807. The molecule has 0 bridgehead atoms. The Morgan fingerprint density at radius 2 is 2.20 bits per heavy atom. The van der Waals surface area contributed by atoms with Crippen molar-refractivity contribution in [2.45, 2.75) is 32.2 Å². The van der Waals surface area contributed by atoms with Crippen molar-refractivity contribution in [3.8, 4) is 0 Å². The van der Waals surface area contributed by atoms with Gasteiger partial charge in [0.1, 0.15) is 5.76 Å². The second-order valence-electron chi connectivity index (χ2n) is 4.08. The van der Waals surface area contributed by atoms with E-state index in [0.717, 1.165) is 5.76 Å². The van der Waals surface area contributed by atoms with Crippen LogP contribution in [0.1, 0.15) is 19.6 Å². The van der Waals surface area contributed by atoms with Crippen LogP contribution in [0.25, 0.3) is 0 Å². The molecule has 0 atom stereocenters. The number of hydrogen-bond donors (Lipinski definition) is 1. The predicted octanol–water partition coefficient (Wildman–Crippen LogP) is 0.916. The Balaban J connectivity index is 1.73. The average Bonchev–Trinajstić information content (AvgIpc) is 2.69. The van der Waals surface area contributed by atoms with Gasteiger partial charge < -0.3 is 19.3 Å². The van der Waals surface area contributed by atoms with Crippen LogP contribution in [0.15, 0.2) is 16.8 Å². The van der Waals surface area contributed by atoms with Crippen molar-refractivity contribution in [1.29, 1.82) is 0 Å². The third kappa shape index (κ3) is 3.02. The zero-order valence-corrected chi connectivity index (χ0v) is 9.03. The van der Waals surface area contributed by atoms with Gasteiger partial charge in [-0.2, -0.15) is 0 Å². The first kappa shape index (κ1) is 10.6. The van der Waals surface area contributed by atoms with Crippen LogP contribution in [0.5, 0.6) is 0 Å². The zero-order chi connectivity index (χ0) is 10.7. The minimum atomic E-state index is -0.454. The molecular weight excluding hydrogens is 196 g/mol. The summed E-state index contributed by atoms with van der Waals surface area (Å²) in [7, 11) is 0. The van der Waals surface area contributed by atoms with Crippen molar-refractivity contribution in [2.24, 2.45) is 0 Å². The van der Waals surface area contributed by atoms with Gasteiger partial charge in [0, 0.05) is 6.07 Å². The fourth-order valence-corrected chi connectivity index (χ4v) is 1.39. The highest BCUT2D eigenvalue weighted by Crippen LogP contribution is 2.16. The fourth-order valence-electron chi connectivity index (χ4n) is 1.39. The van der Waals surface area contributed by atoms with E-state index in [4.69, 9.17) is 14.0 Å². The van der Waals surface area contributed by atoms with Crippen LogP contribution in [0.4, 0.5) is 0 Å². The maximum Gasteiger partial charge on any atom is 0.162 e. The van der Waals surface area contributed by atoms with Gasteiger partial charge in [-0.1, -0.05) is 5.16 Å². The van der Waals surface area contributed by atoms with E-state index in [-0.39, 0.29) is 6.04 Å². The van der Waals surface area contributed by atoms with E-state index in [2.05, 4.69) is 10.5 Å². The number of rotatable bonds is 3. The first-order valence-electron chi connectivity index (χ1n) is 5.06. The summed E-state index contributed by atoms with van der Waals surface area (Å²) in [5.41, 5.74) is 0. The summed E-state index contributed by atoms with van der Waals surface area (Å²) in [6.45, 7) is 5.79. The summed E-state index contributed by atoms with van der Waals surface area (Å²) in [6.07, 6.45) is 1.63. The van der Waals surface area contributed by atoms with Crippen LogP contribution in [-0.4, -0.2) is 30.2 Å². The summed E-state index contributed by atoms with van der Waals surface area (Å²) in [5.74, 6) is 0.365. The van der Waals surface area contributed by atoms with Gasteiger partial charge in [0.2, 0.25) is 0 Å². The predicted molar refractivity (Wildman–Crippen MR) is 53.1 cm³/mol. The summed E-state index contributed by atoms with van der Waals surface area (Å²) in [4.78, 5) is 0. The number of nitrogens with zero attached hydrogens (tertiary/aromatic N) is 1. The Hall–Kier alpha value is -0.910. The Kier molecular flexibility index (Phi) is 3.04. The third-order valence-electron chi connectivity index (χ3n) is 2.32.